The highest BCUT2D eigenvalue weighted by Crippen LogP contribution is 2.28. The van der Waals surface area contributed by atoms with Crippen molar-refractivity contribution in [1.29, 1.82) is 0 Å². The number of benzene rings is 3. The van der Waals surface area contributed by atoms with Crippen LogP contribution in [0.25, 0.3) is 22.2 Å². The summed E-state index contributed by atoms with van der Waals surface area (Å²) < 4.78 is 0. The van der Waals surface area contributed by atoms with Crippen molar-refractivity contribution in [2.24, 2.45) is 0 Å². The monoisotopic (exact) mass is 325 g/mol. The lowest BCUT2D eigenvalue weighted by Crippen LogP contribution is -2.00. The van der Waals surface area contributed by atoms with E-state index in [2.05, 4.69) is 60.5 Å². The van der Waals surface area contributed by atoms with Crippen LogP contribution in [-0.2, 0) is 0 Å². The summed E-state index contributed by atoms with van der Waals surface area (Å²) in [5, 5.41) is 4.41. The lowest BCUT2D eigenvalue weighted by Gasteiger charge is -2.11. The van der Waals surface area contributed by atoms with E-state index in [-0.39, 0.29) is 0 Å². The van der Waals surface area contributed by atoms with Crippen molar-refractivity contribution in [2.75, 3.05) is 5.32 Å². The molecule has 0 radical (unpaired) electrons. The second-order valence-electron chi connectivity index (χ2n) is 6.20. The summed E-state index contributed by atoms with van der Waals surface area (Å²) in [5.41, 5.74) is 6.48. The highest BCUT2D eigenvalue weighted by molar-refractivity contribution is 5.93. The zero-order valence-electron chi connectivity index (χ0n) is 14.3. The first-order chi connectivity index (χ1) is 12.2. The van der Waals surface area contributed by atoms with Gasteiger partial charge in [0.1, 0.15) is 0 Å². The average Bonchev–Trinajstić information content (AvgIpc) is 2.65. The van der Waals surface area contributed by atoms with Gasteiger partial charge in [-0.15, -0.1) is 0 Å². The van der Waals surface area contributed by atoms with Crippen LogP contribution in [0.1, 0.15) is 11.1 Å². The predicted octanol–water partition coefficient (Wildman–Crippen LogP) is 5.66. The van der Waals surface area contributed by atoms with E-state index >= 15 is 0 Å². The maximum absolute atomic E-state index is 4.80. The summed E-state index contributed by atoms with van der Waals surface area (Å²) in [6.45, 7) is 4.22. The number of aromatic nitrogens is 2. The van der Waals surface area contributed by atoms with Crippen molar-refractivity contribution in [3.05, 3.63) is 83.9 Å². The molecular formula is C22H19N3. The molecule has 0 spiro atoms. The Morgan fingerprint density at radius 2 is 1.48 bits per heavy atom. The summed E-state index contributed by atoms with van der Waals surface area (Å²) in [6, 6.07) is 24.6. The summed E-state index contributed by atoms with van der Waals surface area (Å²) in [7, 11) is 0. The standard InChI is InChI=1S/C22H19N3/c1-15-12-13-18(14-16(15)2)23-22-24-20-11-7-6-10-19(20)21(25-22)17-8-4-3-5-9-17/h3-14H,1-2H3,(H,23,24,25). The summed E-state index contributed by atoms with van der Waals surface area (Å²) in [4.78, 5) is 9.48. The summed E-state index contributed by atoms with van der Waals surface area (Å²) in [6.07, 6.45) is 0. The summed E-state index contributed by atoms with van der Waals surface area (Å²) in [5.74, 6) is 0.612. The molecule has 0 bridgehead atoms. The Kier molecular flexibility index (Phi) is 3.90. The SMILES string of the molecule is Cc1ccc(Nc2nc(-c3ccccc3)c3ccccc3n2)cc1C. The van der Waals surface area contributed by atoms with E-state index in [1.165, 1.54) is 11.1 Å². The molecule has 3 aromatic carbocycles. The van der Waals surface area contributed by atoms with E-state index in [0.717, 1.165) is 27.8 Å². The molecule has 0 saturated carbocycles. The summed E-state index contributed by atoms with van der Waals surface area (Å²) >= 11 is 0. The van der Waals surface area contributed by atoms with Gasteiger partial charge in [0.25, 0.3) is 0 Å². The molecule has 1 heterocycles. The van der Waals surface area contributed by atoms with Crippen molar-refractivity contribution in [2.45, 2.75) is 13.8 Å². The average molecular weight is 325 g/mol. The van der Waals surface area contributed by atoms with Gasteiger partial charge in [-0.05, 0) is 43.2 Å². The lowest BCUT2D eigenvalue weighted by atomic mass is 10.1. The van der Waals surface area contributed by atoms with Gasteiger partial charge >= 0.3 is 0 Å². The minimum Gasteiger partial charge on any atom is -0.324 e. The van der Waals surface area contributed by atoms with Gasteiger partial charge in [-0.25, -0.2) is 9.97 Å². The van der Waals surface area contributed by atoms with Gasteiger partial charge in [-0.2, -0.15) is 0 Å². The normalized spacial score (nSPS) is 10.8. The first-order valence-electron chi connectivity index (χ1n) is 8.37. The number of nitrogens with one attached hydrogen (secondary N) is 1. The molecule has 0 unspecified atom stereocenters. The Hall–Kier alpha value is -3.20. The molecule has 0 saturated heterocycles. The maximum Gasteiger partial charge on any atom is 0.228 e. The minimum atomic E-state index is 0.612. The molecule has 0 fully saturated rings. The first-order valence-corrected chi connectivity index (χ1v) is 8.37. The van der Waals surface area contributed by atoms with Crippen LogP contribution in [0, 0.1) is 13.8 Å². The highest BCUT2D eigenvalue weighted by atomic mass is 15.1. The van der Waals surface area contributed by atoms with Crippen LogP contribution < -0.4 is 5.32 Å². The van der Waals surface area contributed by atoms with Gasteiger partial charge in [0, 0.05) is 16.6 Å². The third kappa shape index (κ3) is 3.09. The van der Waals surface area contributed by atoms with Gasteiger partial charge in [0.2, 0.25) is 5.95 Å². The number of nitrogens with zero attached hydrogens (tertiary/aromatic N) is 2. The van der Waals surface area contributed by atoms with Crippen molar-refractivity contribution < 1.29 is 0 Å². The van der Waals surface area contributed by atoms with Crippen LogP contribution in [0.2, 0.25) is 0 Å². The fourth-order valence-electron chi connectivity index (χ4n) is 2.90. The van der Waals surface area contributed by atoms with Crippen LogP contribution in [0.4, 0.5) is 11.6 Å². The Morgan fingerprint density at radius 1 is 0.720 bits per heavy atom. The quantitative estimate of drug-likeness (QED) is 0.528. The third-order valence-corrected chi connectivity index (χ3v) is 4.41. The first kappa shape index (κ1) is 15.3. The molecule has 25 heavy (non-hydrogen) atoms. The van der Waals surface area contributed by atoms with Crippen LogP contribution in [0.3, 0.4) is 0 Å². The molecule has 0 aliphatic heterocycles. The Labute approximate surface area is 147 Å². The van der Waals surface area contributed by atoms with Gasteiger partial charge in [0.05, 0.1) is 11.2 Å². The molecular weight excluding hydrogens is 306 g/mol. The lowest BCUT2D eigenvalue weighted by molar-refractivity contribution is 1.21. The number of aryl methyl sites for hydroxylation is 2. The van der Waals surface area contributed by atoms with Crippen LogP contribution in [0.15, 0.2) is 72.8 Å². The molecule has 0 amide bonds. The zero-order chi connectivity index (χ0) is 17.2. The Bertz CT molecular complexity index is 1040. The van der Waals surface area contributed by atoms with E-state index in [9.17, 15) is 0 Å². The van der Waals surface area contributed by atoms with Gasteiger partial charge in [-0.3, -0.25) is 0 Å². The predicted molar refractivity (Wildman–Crippen MR) is 104 cm³/mol. The molecule has 122 valence electrons. The molecule has 0 atom stereocenters. The zero-order valence-corrected chi connectivity index (χ0v) is 14.3. The molecule has 0 aliphatic carbocycles. The molecule has 0 aliphatic rings. The van der Waals surface area contributed by atoms with E-state index in [4.69, 9.17) is 4.98 Å². The fourth-order valence-corrected chi connectivity index (χ4v) is 2.90. The van der Waals surface area contributed by atoms with Crippen molar-refractivity contribution in [3.8, 4) is 11.3 Å². The van der Waals surface area contributed by atoms with E-state index in [0.29, 0.717) is 5.95 Å². The Morgan fingerprint density at radius 3 is 2.28 bits per heavy atom. The minimum absolute atomic E-state index is 0.612. The number of fused-ring (bicyclic) bond motifs is 1. The molecule has 4 aromatic rings. The van der Waals surface area contributed by atoms with Crippen LogP contribution in [0.5, 0.6) is 0 Å². The fraction of sp³-hybridized carbons (Fsp3) is 0.0909. The second kappa shape index (κ2) is 6.36. The largest absolute Gasteiger partial charge is 0.324 e. The number of anilines is 2. The number of hydrogen-bond acceptors (Lipinski definition) is 3. The molecule has 3 nitrogen and oxygen atoms in total. The maximum atomic E-state index is 4.80. The number of para-hydroxylation sites is 1. The van der Waals surface area contributed by atoms with E-state index in [1.807, 2.05) is 36.4 Å². The van der Waals surface area contributed by atoms with E-state index in [1.54, 1.807) is 0 Å². The van der Waals surface area contributed by atoms with E-state index < -0.39 is 0 Å². The second-order valence-corrected chi connectivity index (χ2v) is 6.20. The van der Waals surface area contributed by atoms with Crippen LogP contribution >= 0.6 is 0 Å². The topological polar surface area (TPSA) is 37.8 Å². The molecule has 3 heteroatoms. The Balaban J connectivity index is 1.83. The third-order valence-electron chi connectivity index (χ3n) is 4.41. The van der Waals surface area contributed by atoms with Crippen molar-refractivity contribution >= 4 is 22.5 Å². The molecule has 4 rings (SSSR count). The smallest absolute Gasteiger partial charge is 0.228 e. The van der Waals surface area contributed by atoms with Crippen molar-refractivity contribution in [3.63, 3.8) is 0 Å². The molecule has 1 N–H and O–H groups in total. The van der Waals surface area contributed by atoms with Gasteiger partial charge in [-0.1, -0.05) is 54.6 Å². The highest BCUT2D eigenvalue weighted by Gasteiger charge is 2.10. The van der Waals surface area contributed by atoms with Gasteiger partial charge < -0.3 is 5.32 Å². The number of rotatable bonds is 3. The van der Waals surface area contributed by atoms with Gasteiger partial charge in [0.15, 0.2) is 0 Å². The molecule has 1 aromatic heterocycles. The number of hydrogen-bond donors (Lipinski definition) is 1. The van der Waals surface area contributed by atoms with Crippen molar-refractivity contribution in [1.82, 2.24) is 9.97 Å². The van der Waals surface area contributed by atoms with Crippen LogP contribution in [-0.4, -0.2) is 9.97 Å².